The van der Waals surface area contributed by atoms with Crippen molar-refractivity contribution < 1.29 is 4.79 Å². The number of hydrogen-bond donors (Lipinski definition) is 3. The maximum atomic E-state index is 11.6. The van der Waals surface area contributed by atoms with Crippen LogP contribution >= 0.6 is 0 Å². The second-order valence-electron chi connectivity index (χ2n) is 3.34. The number of pyridine rings is 1. The molecule has 2 heterocycles. The minimum atomic E-state index is -0.283. The highest BCUT2D eigenvalue weighted by Crippen LogP contribution is 1.97. The maximum absolute atomic E-state index is 11.6. The largest absolute Gasteiger partial charge is 0.367 e. The van der Waals surface area contributed by atoms with E-state index in [4.69, 9.17) is 0 Å². The zero-order chi connectivity index (χ0) is 11.4. The summed E-state index contributed by atoms with van der Waals surface area (Å²) in [7, 11) is 0. The topological polar surface area (TPSA) is 77.8 Å². The number of aromatic amines is 2. The van der Waals surface area contributed by atoms with Crippen molar-refractivity contribution in [1.29, 1.82) is 0 Å². The van der Waals surface area contributed by atoms with Crippen LogP contribution in [0.25, 0.3) is 0 Å². The number of amides is 1. The summed E-state index contributed by atoms with van der Waals surface area (Å²) in [4.78, 5) is 28.0. The molecule has 0 saturated heterocycles. The lowest BCUT2D eigenvalue weighted by atomic mass is 10.2. The van der Waals surface area contributed by atoms with E-state index in [0.29, 0.717) is 12.1 Å². The highest BCUT2D eigenvalue weighted by atomic mass is 16.2. The third kappa shape index (κ3) is 2.38. The molecular weight excluding hydrogens is 206 g/mol. The number of hydrogen-bond acceptors (Lipinski definition) is 2. The number of nitrogens with one attached hydrogen (secondary N) is 3. The summed E-state index contributed by atoms with van der Waals surface area (Å²) in [5.41, 5.74) is 1.06. The second kappa shape index (κ2) is 4.48. The second-order valence-corrected chi connectivity index (χ2v) is 3.34. The molecule has 5 nitrogen and oxygen atoms in total. The normalized spacial score (nSPS) is 10.0. The molecule has 2 rings (SSSR count). The molecule has 2 aromatic rings. The summed E-state index contributed by atoms with van der Waals surface area (Å²) in [5, 5.41) is 2.72. The molecule has 1 amide bonds. The van der Waals surface area contributed by atoms with Crippen molar-refractivity contribution in [2.24, 2.45) is 0 Å². The summed E-state index contributed by atoms with van der Waals surface area (Å²) < 4.78 is 0. The summed E-state index contributed by atoms with van der Waals surface area (Å²) in [6.07, 6.45) is 5.04. The van der Waals surface area contributed by atoms with E-state index in [1.165, 1.54) is 12.3 Å². The predicted octanol–water partition coefficient (Wildman–Crippen LogP) is 0.633. The van der Waals surface area contributed by atoms with Crippen LogP contribution in [0.1, 0.15) is 15.9 Å². The van der Waals surface area contributed by atoms with Gasteiger partial charge in [0.15, 0.2) is 0 Å². The first-order chi connectivity index (χ1) is 7.75. The minimum absolute atomic E-state index is 0.257. The Morgan fingerprint density at radius 2 is 2.19 bits per heavy atom. The van der Waals surface area contributed by atoms with Gasteiger partial charge in [0.05, 0.1) is 0 Å². The first-order valence-corrected chi connectivity index (χ1v) is 4.84. The molecule has 82 valence electrons. The van der Waals surface area contributed by atoms with Crippen LogP contribution in [0.2, 0.25) is 0 Å². The molecule has 0 aromatic carbocycles. The Hall–Kier alpha value is -2.30. The van der Waals surface area contributed by atoms with Gasteiger partial charge in [0, 0.05) is 36.8 Å². The van der Waals surface area contributed by atoms with Gasteiger partial charge in [0.1, 0.15) is 0 Å². The molecule has 5 heteroatoms. The van der Waals surface area contributed by atoms with Crippen molar-refractivity contribution in [2.75, 3.05) is 0 Å². The van der Waals surface area contributed by atoms with E-state index in [2.05, 4.69) is 15.3 Å². The summed E-state index contributed by atoms with van der Waals surface area (Å²) in [6, 6.07) is 4.71. The molecular formula is C11H11N3O2. The van der Waals surface area contributed by atoms with Gasteiger partial charge >= 0.3 is 0 Å². The van der Waals surface area contributed by atoms with Gasteiger partial charge in [-0.1, -0.05) is 0 Å². The van der Waals surface area contributed by atoms with Crippen molar-refractivity contribution in [2.45, 2.75) is 6.54 Å². The van der Waals surface area contributed by atoms with Crippen molar-refractivity contribution in [3.63, 3.8) is 0 Å². The molecule has 3 N–H and O–H groups in total. The maximum Gasteiger partial charge on any atom is 0.251 e. The molecule has 0 radical (unpaired) electrons. The average molecular weight is 217 g/mol. The van der Waals surface area contributed by atoms with Crippen molar-refractivity contribution >= 4 is 5.91 Å². The number of aromatic nitrogens is 2. The average Bonchev–Trinajstić information content (AvgIpc) is 2.78. The highest BCUT2D eigenvalue weighted by Gasteiger charge is 2.05. The minimum Gasteiger partial charge on any atom is -0.367 e. The Labute approximate surface area is 91.5 Å². The van der Waals surface area contributed by atoms with Gasteiger partial charge in [-0.3, -0.25) is 9.59 Å². The molecule has 16 heavy (non-hydrogen) atoms. The fourth-order valence-electron chi connectivity index (χ4n) is 1.34. The Bertz CT molecular complexity index is 528. The van der Waals surface area contributed by atoms with Gasteiger partial charge in [-0.25, -0.2) is 0 Å². The van der Waals surface area contributed by atoms with Crippen molar-refractivity contribution in [3.05, 3.63) is 58.3 Å². The molecule has 2 aromatic heterocycles. The zero-order valence-electron chi connectivity index (χ0n) is 8.49. The van der Waals surface area contributed by atoms with Gasteiger partial charge in [-0.15, -0.1) is 0 Å². The third-order valence-electron chi connectivity index (χ3n) is 2.15. The molecule has 0 aliphatic heterocycles. The fraction of sp³-hybridized carbons (Fsp3) is 0.0909. The van der Waals surface area contributed by atoms with Crippen LogP contribution in [0, 0.1) is 0 Å². The zero-order valence-corrected chi connectivity index (χ0v) is 8.49. The van der Waals surface area contributed by atoms with Gasteiger partial charge in [0.2, 0.25) is 5.56 Å². The van der Waals surface area contributed by atoms with E-state index in [-0.39, 0.29) is 11.5 Å². The van der Waals surface area contributed by atoms with Crippen LogP contribution in [0.5, 0.6) is 0 Å². The van der Waals surface area contributed by atoms with E-state index >= 15 is 0 Å². The molecule has 0 fully saturated rings. The lowest BCUT2D eigenvalue weighted by Crippen LogP contribution is -2.24. The van der Waals surface area contributed by atoms with Gasteiger partial charge < -0.3 is 15.3 Å². The highest BCUT2D eigenvalue weighted by molar-refractivity contribution is 5.93. The molecule has 0 aliphatic carbocycles. The lowest BCUT2D eigenvalue weighted by Gasteiger charge is -2.02. The number of rotatable bonds is 3. The Kier molecular flexibility index (Phi) is 2.86. The predicted molar refractivity (Wildman–Crippen MR) is 59.0 cm³/mol. The quantitative estimate of drug-likeness (QED) is 0.705. The van der Waals surface area contributed by atoms with E-state index in [9.17, 15) is 9.59 Å². The third-order valence-corrected chi connectivity index (χ3v) is 2.15. The summed E-state index contributed by atoms with van der Waals surface area (Å²) in [5.74, 6) is -0.257. The van der Waals surface area contributed by atoms with Gasteiger partial charge in [-0.05, 0) is 17.7 Å². The van der Waals surface area contributed by atoms with Crippen LogP contribution in [0.3, 0.4) is 0 Å². The van der Waals surface area contributed by atoms with Crippen LogP contribution < -0.4 is 10.9 Å². The van der Waals surface area contributed by atoms with E-state index in [1.54, 1.807) is 18.5 Å². The van der Waals surface area contributed by atoms with Crippen LogP contribution in [-0.4, -0.2) is 15.9 Å². The summed E-state index contributed by atoms with van der Waals surface area (Å²) in [6.45, 7) is 0.440. The molecule has 0 saturated carbocycles. The van der Waals surface area contributed by atoms with E-state index in [1.807, 2.05) is 6.07 Å². The Morgan fingerprint density at radius 1 is 1.31 bits per heavy atom. The Morgan fingerprint density at radius 3 is 2.88 bits per heavy atom. The first kappa shape index (κ1) is 10.2. The molecule has 0 spiro atoms. The van der Waals surface area contributed by atoms with Crippen LogP contribution in [0.4, 0.5) is 0 Å². The van der Waals surface area contributed by atoms with E-state index < -0.39 is 0 Å². The fourth-order valence-corrected chi connectivity index (χ4v) is 1.34. The first-order valence-electron chi connectivity index (χ1n) is 4.84. The smallest absolute Gasteiger partial charge is 0.251 e. The van der Waals surface area contributed by atoms with Crippen LogP contribution in [-0.2, 0) is 6.54 Å². The lowest BCUT2D eigenvalue weighted by molar-refractivity contribution is 0.0950. The monoisotopic (exact) mass is 217 g/mol. The SMILES string of the molecule is O=C(NCc1cc[nH]c1)c1cc[nH]c(=O)c1. The summed E-state index contributed by atoms with van der Waals surface area (Å²) >= 11 is 0. The molecule has 0 unspecified atom stereocenters. The standard InChI is InChI=1S/C11H11N3O2/c15-10-5-9(2-4-13-10)11(16)14-7-8-1-3-12-6-8/h1-6,12H,7H2,(H,13,15)(H,14,16). The molecule has 0 aliphatic rings. The molecule has 0 atom stereocenters. The van der Waals surface area contributed by atoms with Crippen LogP contribution in [0.15, 0.2) is 41.6 Å². The van der Waals surface area contributed by atoms with Gasteiger partial charge in [-0.2, -0.15) is 0 Å². The van der Waals surface area contributed by atoms with Crippen molar-refractivity contribution in [1.82, 2.24) is 15.3 Å². The number of H-pyrrole nitrogens is 2. The van der Waals surface area contributed by atoms with E-state index in [0.717, 1.165) is 5.56 Å². The number of carbonyl (C=O) groups excluding carboxylic acids is 1. The number of carbonyl (C=O) groups is 1. The Balaban J connectivity index is 2.01. The van der Waals surface area contributed by atoms with Gasteiger partial charge in [0.25, 0.3) is 5.91 Å². The molecule has 0 bridgehead atoms. The van der Waals surface area contributed by atoms with Crippen molar-refractivity contribution in [3.8, 4) is 0 Å².